The Morgan fingerprint density at radius 1 is 1.26 bits per heavy atom. The number of aromatic nitrogens is 2. The number of ether oxygens (including phenoxy) is 1. The molecule has 2 aromatic carbocycles. The van der Waals surface area contributed by atoms with E-state index in [1.165, 1.54) is 11.8 Å². The number of aryl methyl sites for hydroxylation is 1. The zero-order chi connectivity index (χ0) is 19.1. The van der Waals surface area contributed by atoms with Crippen LogP contribution in [0.4, 0.5) is 0 Å². The van der Waals surface area contributed by atoms with Gasteiger partial charge in [-0.3, -0.25) is 4.79 Å². The van der Waals surface area contributed by atoms with Gasteiger partial charge >= 0.3 is 0 Å². The molecule has 0 saturated carbocycles. The number of imidazole rings is 1. The maximum absolute atomic E-state index is 12.0. The van der Waals surface area contributed by atoms with E-state index in [0.717, 1.165) is 33.9 Å². The molecular formula is C20H22N4O2S. The van der Waals surface area contributed by atoms with Gasteiger partial charge < -0.3 is 9.30 Å². The van der Waals surface area contributed by atoms with Crippen molar-refractivity contribution in [3.05, 3.63) is 54.1 Å². The molecule has 6 nitrogen and oxygen atoms in total. The van der Waals surface area contributed by atoms with Crippen LogP contribution in [0.2, 0.25) is 0 Å². The fraction of sp³-hybridized carbons (Fsp3) is 0.250. The minimum atomic E-state index is -0.175. The first-order valence-corrected chi connectivity index (χ1v) is 9.75. The summed E-state index contributed by atoms with van der Waals surface area (Å²) >= 11 is 1.39. The third-order valence-corrected chi connectivity index (χ3v) is 4.86. The van der Waals surface area contributed by atoms with Gasteiger partial charge in [-0.15, -0.1) is 0 Å². The maximum Gasteiger partial charge on any atom is 0.250 e. The fourth-order valence-electron chi connectivity index (χ4n) is 2.46. The number of para-hydroxylation sites is 2. The minimum absolute atomic E-state index is 0.175. The highest BCUT2D eigenvalue weighted by Crippen LogP contribution is 2.22. The lowest BCUT2D eigenvalue weighted by Gasteiger charge is -2.04. The lowest BCUT2D eigenvalue weighted by Crippen LogP contribution is -2.19. The van der Waals surface area contributed by atoms with Gasteiger partial charge in [0.05, 0.1) is 29.6 Å². The Balaban J connectivity index is 1.49. The summed E-state index contributed by atoms with van der Waals surface area (Å²) in [6.07, 6.45) is 2.59. The number of hydrogen-bond donors (Lipinski definition) is 1. The molecule has 0 bridgehead atoms. The predicted molar refractivity (Wildman–Crippen MR) is 109 cm³/mol. The predicted octanol–water partition coefficient (Wildman–Crippen LogP) is 3.60. The Hall–Kier alpha value is -2.80. The molecule has 140 valence electrons. The maximum atomic E-state index is 12.0. The fourth-order valence-corrected chi connectivity index (χ4v) is 3.24. The molecule has 7 heteroatoms. The molecule has 0 radical (unpaired) electrons. The van der Waals surface area contributed by atoms with E-state index < -0.39 is 0 Å². The SMILES string of the molecule is CCCOc1ccc(/C=N\NC(=O)CSc2nc3ccccc3n2C)cc1. The highest BCUT2D eigenvalue weighted by molar-refractivity contribution is 7.99. The average Bonchev–Trinajstić information content (AvgIpc) is 3.02. The molecule has 1 heterocycles. The van der Waals surface area contributed by atoms with Crippen LogP contribution in [0.1, 0.15) is 18.9 Å². The number of fused-ring (bicyclic) bond motifs is 1. The molecule has 0 spiro atoms. The summed E-state index contributed by atoms with van der Waals surface area (Å²) < 4.78 is 7.52. The van der Waals surface area contributed by atoms with E-state index >= 15 is 0 Å². The molecule has 0 atom stereocenters. The number of rotatable bonds is 8. The third kappa shape index (κ3) is 5.10. The van der Waals surface area contributed by atoms with E-state index in [4.69, 9.17) is 4.74 Å². The van der Waals surface area contributed by atoms with Crippen LogP contribution in [0.25, 0.3) is 11.0 Å². The lowest BCUT2D eigenvalue weighted by atomic mass is 10.2. The quantitative estimate of drug-likeness (QED) is 0.367. The summed E-state index contributed by atoms with van der Waals surface area (Å²) in [6.45, 7) is 2.77. The summed E-state index contributed by atoms with van der Waals surface area (Å²) in [5, 5.41) is 4.81. The van der Waals surface area contributed by atoms with Crippen molar-refractivity contribution in [2.45, 2.75) is 18.5 Å². The second kappa shape index (κ2) is 9.23. The number of benzene rings is 2. The van der Waals surface area contributed by atoms with Gasteiger partial charge in [0.2, 0.25) is 0 Å². The molecule has 1 aromatic heterocycles. The number of thioether (sulfide) groups is 1. The first kappa shape index (κ1) is 19.0. The Labute approximate surface area is 162 Å². The van der Waals surface area contributed by atoms with Crippen molar-refractivity contribution in [2.75, 3.05) is 12.4 Å². The van der Waals surface area contributed by atoms with Gasteiger partial charge in [-0.1, -0.05) is 30.8 Å². The van der Waals surface area contributed by atoms with E-state index in [1.807, 2.05) is 60.1 Å². The van der Waals surface area contributed by atoms with E-state index in [9.17, 15) is 4.79 Å². The van der Waals surface area contributed by atoms with Crippen LogP contribution in [0.5, 0.6) is 5.75 Å². The Morgan fingerprint density at radius 2 is 2.04 bits per heavy atom. The zero-order valence-corrected chi connectivity index (χ0v) is 16.2. The summed E-state index contributed by atoms with van der Waals surface area (Å²) in [5.74, 6) is 0.904. The standard InChI is InChI=1S/C20H22N4O2S/c1-3-12-26-16-10-8-15(9-11-16)13-21-23-19(25)14-27-20-22-17-6-4-5-7-18(17)24(20)2/h4-11,13H,3,12,14H2,1-2H3,(H,23,25)/b21-13-. The molecule has 0 aliphatic carbocycles. The third-order valence-electron chi connectivity index (χ3n) is 3.83. The molecule has 0 fully saturated rings. The number of hydrogen-bond acceptors (Lipinski definition) is 5. The summed E-state index contributed by atoms with van der Waals surface area (Å²) in [7, 11) is 1.95. The molecule has 3 rings (SSSR count). The topological polar surface area (TPSA) is 68.5 Å². The van der Waals surface area contributed by atoms with Crippen LogP contribution in [-0.4, -0.2) is 34.0 Å². The summed E-state index contributed by atoms with van der Waals surface area (Å²) in [5.41, 5.74) is 5.41. The lowest BCUT2D eigenvalue weighted by molar-refractivity contribution is -0.118. The van der Waals surface area contributed by atoms with Crippen LogP contribution in [-0.2, 0) is 11.8 Å². The van der Waals surface area contributed by atoms with E-state index in [0.29, 0.717) is 6.61 Å². The van der Waals surface area contributed by atoms with Crippen LogP contribution < -0.4 is 10.2 Å². The molecule has 1 amide bonds. The van der Waals surface area contributed by atoms with Crippen molar-refractivity contribution in [1.29, 1.82) is 0 Å². The first-order valence-electron chi connectivity index (χ1n) is 8.76. The van der Waals surface area contributed by atoms with Crippen LogP contribution in [0.15, 0.2) is 58.8 Å². The second-order valence-electron chi connectivity index (χ2n) is 5.94. The van der Waals surface area contributed by atoms with Crippen LogP contribution in [0, 0.1) is 0 Å². The number of carbonyl (C=O) groups excluding carboxylic acids is 1. The molecule has 1 N–H and O–H groups in total. The number of amides is 1. The van der Waals surface area contributed by atoms with Gasteiger partial charge in [-0.25, -0.2) is 10.4 Å². The van der Waals surface area contributed by atoms with Crippen LogP contribution >= 0.6 is 11.8 Å². The summed E-state index contributed by atoms with van der Waals surface area (Å²) in [4.78, 5) is 16.5. The zero-order valence-electron chi connectivity index (χ0n) is 15.4. The van der Waals surface area contributed by atoms with Crippen molar-refractivity contribution >= 4 is 34.9 Å². The largest absolute Gasteiger partial charge is 0.494 e. The number of hydrazone groups is 1. The number of carbonyl (C=O) groups is 1. The van der Waals surface area contributed by atoms with Crippen molar-refractivity contribution < 1.29 is 9.53 Å². The molecule has 0 unspecified atom stereocenters. The highest BCUT2D eigenvalue weighted by Gasteiger charge is 2.09. The van der Waals surface area contributed by atoms with Crippen molar-refractivity contribution in [1.82, 2.24) is 15.0 Å². The monoisotopic (exact) mass is 382 g/mol. The Bertz CT molecular complexity index is 935. The van der Waals surface area contributed by atoms with Gasteiger partial charge in [-0.05, 0) is 48.4 Å². The molecule has 3 aromatic rings. The van der Waals surface area contributed by atoms with Crippen molar-refractivity contribution in [2.24, 2.45) is 12.1 Å². The molecule has 0 aliphatic rings. The van der Waals surface area contributed by atoms with Gasteiger partial charge in [0.25, 0.3) is 5.91 Å². The van der Waals surface area contributed by atoms with Crippen molar-refractivity contribution in [3.63, 3.8) is 0 Å². The van der Waals surface area contributed by atoms with Gasteiger partial charge in [0.1, 0.15) is 5.75 Å². The Morgan fingerprint density at radius 3 is 2.78 bits per heavy atom. The van der Waals surface area contributed by atoms with E-state index in [2.05, 4.69) is 22.4 Å². The molecule has 0 aliphatic heterocycles. The highest BCUT2D eigenvalue weighted by atomic mass is 32.2. The van der Waals surface area contributed by atoms with E-state index in [-0.39, 0.29) is 11.7 Å². The van der Waals surface area contributed by atoms with E-state index in [1.54, 1.807) is 6.21 Å². The first-order chi connectivity index (χ1) is 13.2. The molecule has 0 saturated heterocycles. The van der Waals surface area contributed by atoms with Crippen LogP contribution in [0.3, 0.4) is 0 Å². The average molecular weight is 382 g/mol. The van der Waals surface area contributed by atoms with Crippen molar-refractivity contribution in [3.8, 4) is 5.75 Å². The number of nitrogens with one attached hydrogen (secondary N) is 1. The minimum Gasteiger partial charge on any atom is -0.494 e. The molecule has 27 heavy (non-hydrogen) atoms. The van der Waals surface area contributed by atoms with Gasteiger partial charge in [0, 0.05) is 7.05 Å². The second-order valence-corrected chi connectivity index (χ2v) is 6.88. The smallest absolute Gasteiger partial charge is 0.250 e. The normalized spacial score (nSPS) is 11.2. The van der Waals surface area contributed by atoms with Gasteiger partial charge in [-0.2, -0.15) is 5.10 Å². The number of nitrogens with zero attached hydrogens (tertiary/aromatic N) is 3. The van der Waals surface area contributed by atoms with Gasteiger partial charge in [0.15, 0.2) is 5.16 Å². The Kier molecular flexibility index (Phi) is 6.49. The summed E-state index contributed by atoms with van der Waals surface area (Å²) in [6, 6.07) is 15.5. The molecular weight excluding hydrogens is 360 g/mol.